The lowest BCUT2D eigenvalue weighted by molar-refractivity contribution is -0.128. The van der Waals surface area contributed by atoms with Crippen LogP contribution in [0.15, 0.2) is 22.7 Å². The van der Waals surface area contributed by atoms with Crippen LogP contribution >= 0.6 is 15.9 Å². The van der Waals surface area contributed by atoms with E-state index in [1.807, 2.05) is 12.1 Å². The first-order valence-corrected chi connectivity index (χ1v) is 6.46. The van der Waals surface area contributed by atoms with Crippen LogP contribution in [0.25, 0.3) is 0 Å². The average molecular weight is 315 g/mol. The largest absolute Gasteiger partial charge is 0.497 e. The molecule has 2 rings (SSSR count). The second-order valence-electron chi connectivity index (χ2n) is 3.90. The number of anilines is 1. The number of methoxy groups -OCH3 is 1. The number of carbonyl (C=O) groups excluding carboxylic acids is 1. The van der Waals surface area contributed by atoms with E-state index in [-0.39, 0.29) is 5.91 Å². The van der Waals surface area contributed by atoms with E-state index in [2.05, 4.69) is 26.6 Å². The number of rotatable bonds is 3. The molecule has 0 spiro atoms. The third-order valence-electron chi connectivity index (χ3n) is 2.65. The highest BCUT2D eigenvalue weighted by Gasteiger charge is 2.22. The number of hydrogen-bond acceptors (Lipinski definition) is 4. The molecule has 1 amide bonds. The van der Waals surface area contributed by atoms with E-state index in [4.69, 9.17) is 9.47 Å². The highest BCUT2D eigenvalue weighted by Crippen LogP contribution is 2.27. The summed E-state index contributed by atoms with van der Waals surface area (Å²) in [5.74, 6) is 0.535. The molecule has 5 nitrogen and oxygen atoms in total. The number of morpholine rings is 1. The van der Waals surface area contributed by atoms with Crippen molar-refractivity contribution in [2.75, 3.05) is 32.1 Å². The molecule has 1 atom stereocenters. The van der Waals surface area contributed by atoms with Crippen LogP contribution in [-0.2, 0) is 9.53 Å². The molecule has 0 saturated carbocycles. The van der Waals surface area contributed by atoms with Crippen molar-refractivity contribution in [1.29, 1.82) is 0 Å². The second kappa shape index (κ2) is 6.17. The second-order valence-corrected chi connectivity index (χ2v) is 4.75. The lowest BCUT2D eigenvalue weighted by atomic mass is 10.2. The van der Waals surface area contributed by atoms with Crippen LogP contribution in [-0.4, -0.2) is 38.8 Å². The van der Waals surface area contributed by atoms with Crippen molar-refractivity contribution in [3.63, 3.8) is 0 Å². The Labute approximate surface area is 114 Å². The zero-order valence-corrected chi connectivity index (χ0v) is 11.6. The number of halogens is 1. The van der Waals surface area contributed by atoms with E-state index < -0.39 is 6.10 Å². The molecule has 18 heavy (non-hydrogen) atoms. The van der Waals surface area contributed by atoms with Gasteiger partial charge in [-0.15, -0.1) is 0 Å². The van der Waals surface area contributed by atoms with Gasteiger partial charge in [0.25, 0.3) is 5.91 Å². The third-order valence-corrected chi connectivity index (χ3v) is 3.34. The molecule has 0 radical (unpaired) electrons. The van der Waals surface area contributed by atoms with Crippen molar-refractivity contribution >= 4 is 27.5 Å². The molecule has 1 aromatic carbocycles. The first kappa shape index (κ1) is 13.3. The lowest BCUT2D eigenvalue weighted by Crippen LogP contribution is -2.45. The van der Waals surface area contributed by atoms with Gasteiger partial charge in [0.1, 0.15) is 11.9 Å². The maximum absolute atomic E-state index is 12.0. The minimum Gasteiger partial charge on any atom is -0.497 e. The molecule has 0 unspecified atom stereocenters. The Balaban J connectivity index is 2.05. The molecular formula is C12H15BrN2O3. The summed E-state index contributed by atoms with van der Waals surface area (Å²) in [4.78, 5) is 12.0. The Bertz CT molecular complexity index is 433. The molecule has 1 aliphatic heterocycles. The Morgan fingerprint density at radius 3 is 3.11 bits per heavy atom. The number of amides is 1. The summed E-state index contributed by atoms with van der Waals surface area (Å²) in [5.41, 5.74) is 0.675. The Kier molecular flexibility index (Phi) is 4.57. The highest BCUT2D eigenvalue weighted by molar-refractivity contribution is 9.10. The minimum absolute atomic E-state index is 0.156. The van der Waals surface area contributed by atoms with Crippen LogP contribution in [0.2, 0.25) is 0 Å². The number of ether oxygens (including phenoxy) is 2. The Hall–Kier alpha value is -1.11. The van der Waals surface area contributed by atoms with Crippen molar-refractivity contribution in [2.24, 2.45) is 0 Å². The number of nitrogens with one attached hydrogen (secondary N) is 2. The molecule has 98 valence electrons. The van der Waals surface area contributed by atoms with Crippen LogP contribution in [0.1, 0.15) is 0 Å². The molecule has 6 heteroatoms. The molecule has 1 fully saturated rings. The summed E-state index contributed by atoms with van der Waals surface area (Å²) >= 11 is 3.39. The van der Waals surface area contributed by atoms with Gasteiger partial charge in [0.05, 0.1) is 19.4 Å². The molecule has 2 N–H and O–H groups in total. The van der Waals surface area contributed by atoms with E-state index in [1.165, 1.54) is 0 Å². The van der Waals surface area contributed by atoms with Gasteiger partial charge in [0.2, 0.25) is 0 Å². The SMILES string of the molecule is COc1ccc(Br)c(NC(=O)[C@H]2CNCCO2)c1. The van der Waals surface area contributed by atoms with Gasteiger partial charge in [-0.25, -0.2) is 0 Å². The fraction of sp³-hybridized carbons (Fsp3) is 0.417. The lowest BCUT2D eigenvalue weighted by Gasteiger charge is -2.23. The van der Waals surface area contributed by atoms with Gasteiger partial charge in [0, 0.05) is 23.6 Å². The molecule has 0 aromatic heterocycles. The molecule has 1 saturated heterocycles. The van der Waals surface area contributed by atoms with E-state index in [0.29, 0.717) is 24.6 Å². The smallest absolute Gasteiger partial charge is 0.254 e. The molecular weight excluding hydrogens is 300 g/mol. The third kappa shape index (κ3) is 3.22. The fourth-order valence-electron chi connectivity index (χ4n) is 1.67. The normalized spacial score (nSPS) is 19.3. The Morgan fingerprint density at radius 2 is 2.44 bits per heavy atom. The molecule has 1 aliphatic rings. The Morgan fingerprint density at radius 1 is 1.61 bits per heavy atom. The molecule has 1 heterocycles. The standard InChI is InChI=1S/C12H15BrN2O3/c1-17-8-2-3-9(13)10(6-8)15-12(16)11-7-14-4-5-18-11/h2-3,6,11,14H,4-5,7H2,1H3,(H,15,16)/t11-/m1/s1. The maximum Gasteiger partial charge on any atom is 0.254 e. The summed E-state index contributed by atoms with van der Waals surface area (Å²) in [6.07, 6.45) is -0.447. The fourth-order valence-corrected chi connectivity index (χ4v) is 2.02. The van der Waals surface area contributed by atoms with E-state index in [9.17, 15) is 4.79 Å². The minimum atomic E-state index is -0.447. The van der Waals surface area contributed by atoms with Crippen molar-refractivity contribution < 1.29 is 14.3 Å². The van der Waals surface area contributed by atoms with Crippen molar-refractivity contribution in [3.05, 3.63) is 22.7 Å². The summed E-state index contributed by atoms with van der Waals surface area (Å²) in [5, 5.41) is 5.94. The van der Waals surface area contributed by atoms with Gasteiger partial charge < -0.3 is 20.1 Å². The predicted molar refractivity (Wildman–Crippen MR) is 71.9 cm³/mol. The quantitative estimate of drug-likeness (QED) is 0.885. The van der Waals surface area contributed by atoms with E-state index in [0.717, 1.165) is 11.0 Å². The average Bonchev–Trinajstić information content (AvgIpc) is 2.42. The molecule has 0 aliphatic carbocycles. The van der Waals surface area contributed by atoms with Crippen LogP contribution < -0.4 is 15.4 Å². The predicted octanol–water partition coefficient (Wildman–Crippen LogP) is 1.38. The topological polar surface area (TPSA) is 59.6 Å². The van der Waals surface area contributed by atoms with Crippen LogP contribution in [0.5, 0.6) is 5.75 Å². The maximum atomic E-state index is 12.0. The summed E-state index contributed by atoms with van der Waals surface area (Å²) in [7, 11) is 1.59. The zero-order valence-electron chi connectivity index (χ0n) is 10.0. The molecule has 0 bridgehead atoms. The summed E-state index contributed by atoms with van der Waals surface area (Å²) < 4.78 is 11.3. The van der Waals surface area contributed by atoms with Gasteiger partial charge in [-0.1, -0.05) is 0 Å². The van der Waals surface area contributed by atoms with Crippen molar-refractivity contribution in [1.82, 2.24) is 5.32 Å². The first-order valence-electron chi connectivity index (χ1n) is 5.67. The molecule has 1 aromatic rings. The summed E-state index contributed by atoms with van der Waals surface area (Å²) in [6, 6.07) is 5.41. The van der Waals surface area contributed by atoms with Crippen molar-refractivity contribution in [2.45, 2.75) is 6.10 Å². The summed E-state index contributed by atoms with van der Waals surface area (Å²) in [6.45, 7) is 1.87. The number of benzene rings is 1. The van der Waals surface area contributed by atoms with Gasteiger partial charge in [0.15, 0.2) is 0 Å². The van der Waals surface area contributed by atoms with E-state index >= 15 is 0 Å². The number of hydrogen-bond donors (Lipinski definition) is 2. The van der Waals surface area contributed by atoms with Gasteiger partial charge in [-0.2, -0.15) is 0 Å². The van der Waals surface area contributed by atoms with Gasteiger partial charge in [-0.3, -0.25) is 4.79 Å². The van der Waals surface area contributed by atoms with Gasteiger partial charge in [-0.05, 0) is 28.1 Å². The van der Waals surface area contributed by atoms with Gasteiger partial charge >= 0.3 is 0 Å². The zero-order chi connectivity index (χ0) is 13.0. The monoisotopic (exact) mass is 314 g/mol. The van der Waals surface area contributed by atoms with Crippen LogP contribution in [0.3, 0.4) is 0 Å². The first-order chi connectivity index (χ1) is 8.70. The van der Waals surface area contributed by atoms with Crippen molar-refractivity contribution in [3.8, 4) is 5.75 Å². The van der Waals surface area contributed by atoms with Crippen LogP contribution in [0.4, 0.5) is 5.69 Å². The highest BCUT2D eigenvalue weighted by atomic mass is 79.9. The van der Waals surface area contributed by atoms with E-state index in [1.54, 1.807) is 13.2 Å². The number of carbonyl (C=O) groups is 1. The van der Waals surface area contributed by atoms with Crippen LogP contribution in [0, 0.1) is 0 Å².